The topological polar surface area (TPSA) is 298 Å². The molecule has 0 amide bonds. The second-order valence-corrected chi connectivity index (χ2v) is 20.8. The van der Waals surface area contributed by atoms with E-state index in [1.165, 1.54) is 5.57 Å². The van der Waals surface area contributed by atoms with Gasteiger partial charge in [0.25, 0.3) is 0 Å². The summed E-state index contributed by atoms with van der Waals surface area (Å²) in [6.07, 6.45) is -13.2. The van der Waals surface area contributed by atoms with Gasteiger partial charge in [0.1, 0.15) is 73.2 Å². The Labute approximate surface area is 369 Å². The Kier molecular flexibility index (Phi) is 15.8. The second-order valence-electron chi connectivity index (χ2n) is 20.8. The fraction of sp³-hybridized carbons (Fsp3) is 0.956. The Balaban J connectivity index is 0.956. The highest BCUT2D eigenvalue weighted by atomic mass is 16.7. The third-order valence-corrected chi connectivity index (χ3v) is 16.9. The zero-order valence-corrected chi connectivity index (χ0v) is 37.2. The highest BCUT2D eigenvalue weighted by molar-refractivity contribution is 5.26. The van der Waals surface area contributed by atoms with Crippen molar-refractivity contribution < 1.29 is 89.7 Å². The van der Waals surface area contributed by atoms with E-state index in [1.54, 1.807) is 0 Å². The van der Waals surface area contributed by atoms with Crippen molar-refractivity contribution in [1.82, 2.24) is 0 Å². The van der Waals surface area contributed by atoms with Crippen LogP contribution in [0.15, 0.2) is 11.6 Å². The molecule has 6 fully saturated rings. The van der Waals surface area contributed by atoms with Crippen molar-refractivity contribution in [3.05, 3.63) is 11.6 Å². The third-order valence-electron chi connectivity index (χ3n) is 16.9. The smallest absolute Gasteiger partial charge is 0.186 e. The molecule has 3 saturated heterocycles. The molecule has 12 N–H and O–H groups in total. The molecule has 3 heterocycles. The van der Waals surface area contributed by atoms with Crippen LogP contribution >= 0.6 is 0 Å². The summed E-state index contributed by atoms with van der Waals surface area (Å²) < 4.78 is 35.2. The average Bonchev–Trinajstić information content (AvgIpc) is 3.53. The van der Waals surface area contributed by atoms with E-state index < -0.39 is 118 Å². The Morgan fingerprint density at radius 1 is 0.667 bits per heavy atom. The van der Waals surface area contributed by atoms with Crippen molar-refractivity contribution in [2.24, 2.45) is 46.3 Å². The van der Waals surface area contributed by atoms with Gasteiger partial charge in [-0.2, -0.15) is 0 Å². The SMILES string of the molecule is CC(C)C(CCC(C)C1C(O)CC2C3CC=C4CC(OC5OC(COC6OC(CO)C(O)C(O)C6O)C(O)C(O)C5O)CCC4(C)C3CCC21C)OC1OC(CO)C(O)C(O)C1O. The number of ether oxygens (including phenoxy) is 6. The van der Waals surface area contributed by atoms with Crippen LogP contribution in [0.2, 0.25) is 0 Å². The normalized spacial score (nSPS) is 51.2. The van der Waals surface area contributed by atoms with Crippen molar-refractivity contribution in [3.8, 4) is 0 Å². The molecule has 7 rings (SSSR count). The van der Waals surface area contributed by atoms with E-state index in [0.29, 0.717) is 37.0 Å². The Morgan fingerprint density at radius 3 is 1.86 bits per heavy atom. The lowest BCUT2D eigenvalue weighted by atomic mass is 9.47. The summed E-state index contributed by atoms with van der Waals surface area (Å²) in [5.74, 6) is 1.42. The molecular formula is C45H76O18. The lowest BCUT2D eigenvalue weighted by Crippen LogP contribution is -2.62. The van der Waals surface area contributed by atoms with Crippen LogP contribution in [0.1, 0.15) is 92.4 Å². The maximum absolute atomic E-state index is 11.8. The molecule has 7 aliphatic rings. The van der Waals surface area contributed by atoms with Gasteiger partial charge < -0.3 is 89.7 Å². The van der Waals surface area contributed by atoms with Crippen LogP contribution in [0.5, 0.6) is 0 Å². The molecule has 0 aromatic carbocycles. The first-order valence-corrected chi connectivity index (χ1v) is 23.4. The van der Waals surface area contributed by atoms with Crippen LogP contribution in [-0.2, 0) is 28.4 Å². The van der Waals surface area contributed by atoms with E-state index in [0.717, 1.165) is 38.5 Å². The Hall–Kier alpha value is -0.980. The number of aliphatic hydroxyl groups excluding tert-OH is 12. The van der Waals surface area contributed by atoms with Crippen LogP contribution < -0.4 is 0 Å². The van der Waals surface area contributed by atoms with Gasteiger partial charge in [-0.1, -0.05) is 46.3 Å². The minimum Gasteiger partial charge on any atom is -0.394 e. The monoisotopic (exact) mass is 905 g/mol. The van der Waals surface area contributed by atoms with Gasteiger partial charge in [-0.3, -0.25) is 0 Å². The quantitative estimate of drug-likeness (QED) is 0.0912. The molecule has 4 aliphatic carbocycles. The number of hydrogen-bond donors (Lipinski definition) is 12. The van der Waals surface area contributed by atoms with Crippen LogP contribution in [0, 0.1) is 46.3 Å². The number of hydrogen-bond acceptors (Lipinski definition) is 18. The van der Waals surface area contributed by atoms with Crippen molar-refractivity contribution >= 4 is 0 Å². The van der Waals surface area contributed by atoms with Gasteiger partial charge in [-0.05, 0) is 104 Å². The number of allylic oxidation sites excluding steroid dienone is 1. The maximum atomic E-state index is 11.8. The molecule has 0 spiro atoms. The van der Waals surface area contributed by atoms with E-state index in [9.17, 15) is 61.3 Å². The second kappa shape index (κ2) is 19.9. The highest BCUT2D eigenvalue weighted by Crippen LogP contribution is 2.67. The predicted molar refractivity (Wildman–Crippen MR) is 220 cm³/mol. The molecule has 364 valence electrons. The van der Waals surface area contributed by atoms with E-state index in [4.69, 9.17) is 28.4 Å². The summed E-state index contributed by atoms with van der Waals surface area (Å²) in [7, 11) is 0. The molecule has 63 heavy (non-hydrogen) atoms. The first-order valence-electron chi connectivity index (χ1n) is 23.4. The first-order chi connectivity index (χ1) is 29.7. The van der Waals surface area contributed by atoms with Crippen molar-refractivity contribution in [2.45, 2.75) is 203 Å². The van der Waals surface area contributed by atoms with Gasteiger partial charge in [-0.15, -0.1) is 0 Å². The Morgan fingerprint density at radius 2 is 1.24 bits per heavy atom. The molecule has 25 unspecified atom stereocenters. The summed E-state index contributed by atoms with van der Waals surface area (Å²) in [5, 5.41) is 125. The minimum atomic E-state index is -1.67. The molecule has 0 radical (unpaired) electrons. The zero-order chi connectivity index (χ0) is 45.9. The standard InChI is InChI=1S/C45H76O18/c1-19(2)27(60-43-40(57)36(53)33(50)29(17-47)62-43)9-6-20(3)31-26(48)15-25-23-8-7-21-14-22(10-12-44(21,4)24(23)11-13-45(25,31)5)59-42-39(56)37(54)34(51)30(63-42)18-58-41-38(55)35(52)32(49)28(16-46)61-41/h7,19-20,22-43,46-57H,6,8-18H2,1-5H3. The van der Waals surface area contributed by atoms with Crippen molar-refractivity contribution in [1.29, 1.82) is 0 Å². The van der Waals surface area contributed by atoms with Gasteiger partial charge in [0.2, 0.25) is 0 Å². The number of aliphatic hydroxyl groups is 12. The fourth-order valence-corrected chi connectivity index (χ4v) is 13.1. The summed E-state index contributed by atoms with van der Waals surface area (Å²) in [6, 6.07) is 0. The van der Waals surface area contributed by atoms with Crippen LogP contribution in [-0.4, -0.2) is 192 Å². The summed E-state index contributed by atoms with van der Waals surface area (Å²) in [6.45, 7) is 9.35. The third kappa shape index (κ3) is 9.44. The Bertz CT molecular complexity index is 1530. The van der Waals surface area contributed by atoms with E-state index in [2.05, 4.69) is 26.8 Å². The molecule has 0 bridgehead atoms. The summed E-state index contributed by atoms with van der Waals surface area (Å²) in [4.78, 5) is 0. The van der Waals surface area contributed by atoms with Gasteiger partial charge in [-0.25, -0.2) is 0 Å². The molecule has 3 aliphatic heterocycles. The van der Waals surface area contributed by atoms with Gasteiger partial charge >= 0.3 is 0 Å². The average molecular weight is 905 g/mol. The van der Waals surface area contributed by atoms with Crippen LogP contribution in [0.25, 0.3) is 0 Å². The largest absolute Gasteiger partial charge is 0.394 e. The van der Waals surface area contributed by atoms with Gasteiger partial charge in [0.05, 0.1) is 38.1 Å². The molecule has 18 nitrogen and oxygen atoms in total. The van der Waals surface area contributed by atoms with Gasteiger partial charge in [0.15, 0.2) is 18.9 Å². The molecular weight excluding hydrogens is 828 g/mol. The van der Waals surface area contributed by atoms with E-state index in [-0.39, 0.29) is 40.8 Å². The lowest BCUT2D eigenvalue weighted by molar-refractivity contribution is -0.336. The first kappa shape index (κ1) is 49.9. The van der Waals surface area contributed by atoms with Gasteiger partial charge in [0, 0.05) is 0 Å². The number of fused-ring (bicyclic) bond motifs is 5. The minimum absolute atomic E-state index is 0.0470. The van der Waals surface area contributed by atoms with Crippen LogP contribution in [0.3, 0.4) is 0 Å². The fourth-order valence-electron chi connectivity index (χ4n) is 13.1. The predicted octanol–water partition coefficient (Wildman–Crippen LogP) is -1.20. The summed E-state index contributed by atoms with van der Waals surface area (Å²) in [5.41, 5.74) is 1.13. The molecule has 3 saturated carbocycles. The molecule has 0 aromatic rings. The summed E-state index contributed by atoms with van der Waals surface area (Å²) >= 11 is 0. The van der Waals surface area contributed by atoms with Crippen molar-refractivity contribution in [3.63, 3.8) is 0 Å². The highest BCUT2D eigenvalue weighted by Gasteiger charge is 2.62. The van der Waals surface area contributed by atoms with E-state index >= 15 is 0 Å². The molecule has 25 atom stereocenters. The zero-order valence-electron chi connectivity index (χ0n) is 37.2. The molecule has 18 heteroatoms. The van der Waals surface area contributed by atoms with Crippen molar-refractivity contribution in [2.75, 3.05) is 19.8 Å². The van der Waals surface area contributed by atoms with Crippen LogP contribution in [0.4, 0.5) is 0 Å². The lowest BCUT2D eigenvalue weighted by Gasteiger charge is -2.58. The van der Waals surface area contributed by atoms with E-state index in [1.807, 2.05) is 13.8 Å². The maximum Gasteiger partial charge on any atom is 0.186 e. The number of rotatable bonds is 14. The molecule has 0 aromatic heterocycles.